The third kappa shape index (κ3) is 3.45. The van der Waals surface area contributed by atoms with E-state index in [-0.39, 0.29) is 11.8 Å². The highest BCUT2D eigenvalue weighted by molar-refractivity contribution is 7.17. The number of nitrogens with two attached hydrogens (primary N) is 1. The van der Waals surface area contributed by atoms with Crippen LogP contribution in [0.3, 0.4) is 0 Å². The molecule has 2 amide bonds. The quantitative estimate of drug-likeness (QED) is 0.756. The van der Waals surface area contributed by atoms with Crippen molar-refractivity contribution in [1.29, 1.82) is 0 Å². The number of hydrogen-bond donors (Lipinski definition) is 3. The Kier molecular flexibility index (Phi) is 4.31. The number of amides is 2. The zero-order chi connectivity index (χ0) is 17.4. The average molecular weight is 356 g/mol. The molecule has 4 rings (SSSR count). The second-order valence-corrected chi connectivity index (χ2v) is 8.03. The van der Waals surface area contributed by atoms with Gasteiger partial charge in [0.1, 0.15) is 18.1 Å². The van der Waals surface area contributed by atoms with Crippen molar-refractivity contribution in [2.45, 2.75) is 32.4 Å². The predicted molar refractivity (Wildman–Crippen MR) is 97.6 cm³/mol. The Hall–Kier alpha value is -2.18. The Labute approximate surface area is 150 Å². The van der Waals surface area contributed by atoms with Crippen LogP contribution in [0.4, 0.5) is 5.00 Å². The predicted octanol–water partition coefficient (Wildman–Crippen LogP) is 1.34. The summed E-state index contributed by atoms with van der Waals surface area (Å²) in [6.07, 6.45) is 2.71. The number of thiophene rings is 1. The van der Waals surface area contributed by atoms with E-state index in [0.29, 0.717) is 10.6 Å². The van der Waals surface area contributed by atoms with Gasteiger partial charge in [0, 0.05) is 17.9 Å². The zero-order valence-electron chi connectivity index (χ0n) is 14.0. The van der Waals surface area contributed by atoms with Gasteiger partial charge in [-0.25, -0.2) is 0 Å². The highest BCUT2D eigenvalue weighted by Crippen LogP contribution is 2.37. The highest BCUT2D eigenvalue weighted by Gasteiger charge is 2.33. The monoisotopic (exact) mass is 356 g/mol. The molecule has 1 aromatic heterocycles. The molecule has 1 aromatic carbocycles. The van der Waals surface area contributed by atoms with Crippen molar-refractivity contribution in [3.63, 3.8) is 0 Å². The van der Waals surface area contributed by atoms with Gasteiger partial charge in [0.05, 0.1) is 17.0 Å². The van der Waals surface area contributed by atoms with E-state index >= 15 is 0 Å². The number of benzene rings is 1. The summed E-state index contributed by atoms with van der Waals surface area (Å²) in [6.45, 7) is 2.80. The average Bonchev–Trinajstić information content (AvgIpc) is 3.37. The van der Waals surface area contributed by atoms with E-state index in [1.165, 1.54) is 26.7 Å². The van der Waals surface area contributed by atoms with Gasteiger partial charge >= 0.3 is 0 Å². The number of carbonyl (C=O) groups excluding carboxylic acids is 2. The molecule has 0 bridgehead atoms. The van der Waals surface area contributed by atoms with Crippen LogP contribution >= 0.6 is 11.3 Å². The number of nitrogens with one attached hydrogen (secondary N) is 2. The standard InChI is InChI=1S/C19H21N3O2S/c20-17(23)16-14-8-9-22(10-12-4-2-1-3-5-12)11-15(14)25-19(16)21-18(24)13-6-7-13/h1-5,13H,6-11H2,(H2,20,23)(H,21,24)/p+1. The van der Waals surface area contributed by atoms with Crippen molar-refractivity contribution in [2.75, 3.05) is 11.9 Å². The number of primary amides is 1. The van der Waals surface area contributed by atoms with E-state index in [2.05, 4.69) is 29.6 Å². The summed E-state index contributed by atoms with van der Waals surface area (Å²) in [5.74, 6) is -0.301. The van der Waals surface area contributed by atoms with Crippen molar-refractivity contribution >= 4 is 28.2 Å². The first kappa shape index (κ1) is 16.3. The number of quaternary nitrogens is 1. The molecule has 1 aliphatic heterocycles. The van der Waals surface area contributed by atoms with E-state index in [0.717, 1.165) is 44.5 Å². The van der Waals surface area contributed by atoms with Crippen LogP contribution in [-0.4, -0.2) is 18.4 Å². The van der Waals surface area contributed by atoms with Gasteiger partial charge < -0.3 is 16.0 Å². The van der Waals surface area contributed by atoms with E-state index < -0.39 is 5.91 Å². The van der Waals surface area contributed by atoms with E-state index in [4.69, 9.17) is 5.73 Å². The molecule has 6 heteroatoms. The molecular formula is C19H22N3O2S+. The Bertz CT molecular complexity index is 812. The summed E-state index contributed by atoms with van der Waals surface area (Å²) in [7, 11) is 0. The molecule has 2 aliphatic rings. The van der Waals surface area contributed by atoms with Crippen molar-refractivity contribution < 1.29 is 14.5 Å². The van der Waals surface area contributed by atoms with Crippen LogP contribution in [0.2, 0.25) is 0 Å². The Morgan fingerprint density at radius 3 is 2.68 bits per heavy atom. The Morgan fingerprint density at radius 1 is 1.24 bits per heavy atom. The molecule has 2 aromatic rings. The summed E-state index contributed by atoms with van der Waals surface area (Å²) in [5.41, 5.74) is 8.51. The third-order valence-electron chi connectivity index (χ3n) is 4.96. The fourth-order valence-corrected chi connectivity index (χ4v) is 4.81. The molecule has 0 spiro atoms. The maximum absolute atomic E-state index is 12.1. The fourth-order valence-electron chi connectivity index (χ4n) is 3.48. The van der Waals surface area contributed by atoms with Gasteiger partial charge in [0.25, 0.3) is 5.91 Å². The number of carbonyl (C=O) groups is 2. The van der Waals surface area contributed by atoms with Crippen molar-refractivity contribution in [2.24, 2.45) is 11.7 Å². The van der Waals surface area contributed by atoms with E-state index in [9.17, 15) is 9.59 Å². The lowest BCUT2D eigenvalue weighted by Gasteiger charge is -2.24. The van der Waals surface area contributed by atoms with Crippen molar-refractivity contribution in [3.05, 3.63) is 51.9 Å². The highest BCUT2D eigenvalue weighted by atomic mass is 32.1. The molecule has 1 aliphatic carbocycles. The number of rotatable bonds is 5. The molecule has 0 radical (unpaired) electrons. The lowest BCUT2D eigenvalue weighted by Crippen LogP contribution is -3.10. The third-order valence-corrected chi connectivity index (χ3v) is 6.11. The molecular weight excluding hydrogens is 334 g/mol. The first-order valence-corrected chi connectivity index (χ1v) is 9.56. The van der Waals surface area contributed by atoms with Gasteiger partial charge in [-0.3, -0.25) is 9.59 Å². The first-order chi connectivity index (χ1) is 12.1. The zero-order valence-corrected chi connectivity index (χ0v) is 14.8. The van der Waals surface area contributed by atoms with E-state index in [1.54, 1.807) is 0 Å². The van der Waals surface area contributed by atoms with Crippen LogP contribution in [0.15, 0.2) is 30.3 Å². The summed E-state index contributed by atoms with van der Waals surface area (Å²) in [5, 5.41) is 3.59. The maximum atomic E-state index is 12.1. The normalized spacial score (nSPS) is 19.3. The van der Waals surface area contributed by atoms with E-state index in [1.807, 2.05) is 6.07 Å². The lowest BCUT2D eigenvalue weighted by atomic mass is 10.0. The van der Waals surface area contributed by atoms with Crippen LogP contribution in [0, 0.1) is 5.92 Å². The summed E-state index contributed by atoms with van der Waals surface area (Å²) < 4.78 is 0. The molecule has 4 N–H and O–H groups in total. The van der Waals surface area contributed by atoms with Crippen LogP contribution in [-0.2, 0) is 24.3 Å². The van der Waals surface area contributed by atoms with Gasteiger partial charge in [0.15, 0.2) is 0 Å². The topological polar surface area (TPSA) is 76.6 Å². The molecule has 1 atom stereocenters. The van der Waals surface area contributed by atoms with Gasteiger partial charge in [-0.15, -0.1) is 11.3 Å². The SMILES string of the molecule is NC(=O)c1c(NC(=O)C2CC2)sc2c1CC[NH+](Cc1ccccc1)C2. The maximum Gasteiger partial charge on any atom is 0.252 e. The van der Waals surface area contributed by atoms with Crippen LogP contribution in [0.5, 0.6) is 0 Å². The first-order valence-electron chi connectivity index (χ1n) is 8.74. The number of fused-ring (bicyclic) bond motifs is 1. The summed E-state index contributed by atoms with van der Waals surface area (Å²) >= 11 is 1.52. The van der Waals surface area contributed by atoms with Crippen LogP contribution in [0.25, 0.3) is 0 Å². The van der Waals surface area contributed by atoms with Gasteiger partial charge in [-0.05, 0) is 18.4 Å². The number of anilines is 1. The molecule has 130 valence electrons. The molecule has 2 heterocycles. The van der Waals surface area contributed by atoms with Gasteiger partial charge in [-0.2, -0.15) is 0 Å². The molecule has 5 nitrogen and oxygen atoms in total. The molecule has 1 saturated carbocycles. The molecule has 1 fully saturated rings. The number of hydrogen-bond acceptors (Lipinski definition) is 3. The smallest absolute Gasteiger partial charge is 0.252 e. The molecule has 1 unspecified atom stereocenters. The Morgan fingerprint density at radius 2 is 2.00 bits per heavy atom. The van der Waals surface area contributed by atoms with Gasteiger partial charge in [0.2, 0.25) is 5.91 Å². The van der Waals surface area contributed by atoms with Crippen LogP contribution < -0.4 is 16.0 Å². The van der Waals surface area contributed by atoms with Crippen molar-refractivity contribution in [3.8, 4) is 0 Å². The van der Waals surface area contributed by atoms with Crippen molar-refractivity contribution in [1.82, 2.24) is 0 Å². The lowest BCUT2D eigenvalue weighted by molar-refractivity contribution is -0.929. The molecule has 0 saturated heterocycles. The minimum Gasteiger partial charge on any atom is -0.365 e. The fraction of sp³-hybridized carbons (Fsp3) is 0.368. The summed E-state index contributed by atoms with van der Waals surface area (Å²) in [6, 6.07) is 10.4. The molecule has 25 heavy (non-hydrogen) atoms. The van der Waals surface area contributed by atoms with Gasteiger partial charge in [-0.1, -0.05) is 30.3 Å². The van der Waals surface area contributed by atoms with Crippen LogP contribution in [0.1, 0.15) is 39.2 Å². The largest absolute Gasteiger partial charge is 0.365 e. The summed E-state index contributed by atoms with van der Waals surface area (Å²) in [4.78, 5) is 26.7. The Balaban J connectivity index is 1.55. The second kappa shape index (κ2) is 6.61. The minimum absolute atomic E-state index is 0.0228. The second-order valence-electron chi connectivity index (χ2n) is 6.92. The minimum atomic E-state index is -0.435.